The molecule has 0 radical (unpaired) electrons. The first-order valence-corrected chi connectivity index (χ1v) is 23.4. The Kier molecular flexibility index (Phi) is 27.8. The maximum Gasteiger partial charge on any atom is 0.327 e. The Morgan fingerprint density at radius 1 is 0.627 bits per heavy atom. The molecule has 24 N–H and O–H groups in total. The molecule has 67 heavy (non-hydrogen) atoms. The average molecular weight is 992 g/mol. The number of aliphatic hydroxyl groups is 1. The minimum atomic E-state index is -1.78. The normalized spacial score (nSPS) is 24.4. The largest absolute Gasteiger partial charge is 0.480 e. The Morgan fingerprint density at radius 3 is 1.60 bits per heavy atom. The third kappa shape index (κ3) is 24.8. The fraction of sp³-hybridized carbons (Fsp3) is 0.667. The van der Waals surface area contributed by atoms with E-state index in [-0.39, 0.29) is 81.6 Å². The molecule has 1 aliphatic heterocycles. The van der Waals surface area contributed by atoms with Crippen LogP contribution >= 0.6 is 21.6 Å². The number of aliphatic imine (C=N–C) groups is 2. The first-order chi connectivity index (χ1) is 31.5. The number of guanidine groups is 2. The van der Waals surface area contributed by atoms with E-state index < -0.39 is 127 Å². The van der Waals surface area contributed by atoms with Crippen LogP contribution in [0.25, 0.3) is 0 Å². The maximum absolute atomic E-state index is 13.9. The Hall–Kier alpha value is -6.18. The zero-order chi connectivity index (χ0) is 50.6. The number of nitrogens with zero attached hydrogens (tertiary/aromatic N) is 2. The lowest BCUT2D eigenvalue weighted by Crippen LogP contribution is -2.61. The molecule has 1 heterocycles. The molecule has 0 aromatic rings. The summed E-state index contributed by atoms with van der Waals surface area (Å²) in [5.74, 6) is -11.1. The van der Waals surface area contributed by atoms with Crippen molar-refractivity contribution in [3.05, 3.63) is 0 Å². The van der Waals surface area contributed by atoms with Crippen molar-refractivity contribution in [2.75, 3.05) is 44.2 Å². The summed E-state index contributed by atoms with van der Waals surface area (Å²) in [6.07, 6.45) is -1.95. The van der Waals surface area contributed by atoms with Gasteiger partial charge in [0.2, 0.25) is 53.2 Å². The van der Waals surface area contributed by atoms with Gasteiger partial charge in [0.15, 0.2) is 11.9 Å². The molecule has 0 aromatic heterocycles. The van der Waals surface area contributed by atoms with Crippen molar-refractivity contribution in [1.29, 1.82) is 0 Å². The molecule has 0 saturated carbocycles. The minimum absolute atomic E-state index is 0.0000806. The van der Waals surface area contributed by atoms with Gasteiger partial charge in [0.1, 0.15) is 36.3 Å². The van der Waals surface area contributed by atoms with Gasteiger partial charge in [-0.15, -0.1) is 0 Å². The number of carboxylic acids is 1. The number of rotatable bonds is 16. The van der Waals surface area contributed by atoms with E-state index in [9.17, 15) is 58.2 Å². The fourth-order valence-corrected chi connectivity index (χ4v) is 8.03. The molecule has 0 spiro atoms. The average Bonchev–Trinajstić information content (AvgIpc) is 3.25. The van der Waals surface area contributed by atoms with Crippen LogP contribution in [0.3, 0.4) is 0 Å². The minimum Gasteiger partial charge on any atom is -0.480 e. The summed E-state index contributed by atoms with van der Waals surface area (Å²) >= 11 is 0. The van der Waals surface area contributed by atoms with E-state index in [1.807, 2.05) is 0 Å². The van der Waals surface area contributed by atoms with Crippen molar-refractivity contribution >= 4 is 92.6 Å². The number of unbranched alkanes of at least 4 members (excludes halogenated alkanes) is 1. The molecule has 0 aliphatic carbocycles. The van der Waals surface area contributed by atoms with E-state index in [4.69, 9.17) is 40.1 Å². The van der Waals surface area contributed by atoms with Gasteiger partial charge in [0.25, 0.3) is 0 Å². The summed E-state index contributed by atoms with van der Waals surface area (Å²) in [6.45, 7) is -0.148. The number of nitrogens with one attached hydrogen (secondary N) is 8. The zero-order valence-electron chi connectivity index (χ0n) is 37.0. The SMILES string of the molecule is C[C@@H](O)[C@@H]1NC(=O)C(CCCN=C(N)N)NC(=O)[C@H](CCCCN)NC(=O)C(CC(N)=O)NC(=O)CNC(=O)[C@@H](N)CSSC[C@@H](C(=O)O)NC(=O)CNC(=O)[C@H](CCCN=C(N)N)NC1=O. The number of carboxylic acid groups (broad SMARTS) is 1. The van der Waals surface area contributed by atoms with Crippen LogP contribution < -0.4 is 82.7 Å². The topological polar surface area (TPSA) is 514 Å². The number of carbonyl (C=O) groups excluding carboxylic acids is 9. The molecule has 0 aromatic carbocycles. The van der Waals surface area contributed by atoms with E-state index in [0.29, 0.717) is 6.42 Å². The van der Waals surface area contributed by atoms with Gasteiger partial charge in [-0.05, 0) is 58.4 Å². The standard InChI is InChI=1S/C36H65N17O12S2/c1-17(54)27-33(63)52-19(7-4-10-44-35(40)41)29(59)47-14-26(57)49-23(34(64)65)16-67-66-15-18(38)28(58)46-13-25(56)48-22(12-24(39)55)32(62)51-20(6-2-3-9-37)30(60)50-21(31(61)53-27)8-5-11-45-36(42)43/h17-23,27,54H,2-16,37-38H2,1H3,(H2,39,55)(H,46,58)(H,47,59)(H,48,56)(H,49,57)(H,50,60)(H,51,62)(H,52,63)(H,53,61)(H,64,65)(H4,40,41,44)(H4,42,43,45)/t17-,18+,19+,20+,21?,22?,23+,27+/m1/s1. The van der Waals surface area contributed by atoms with Gasteiger partial charge in [-0.25, -0.2) is 4.79 Å². The molecule has 1 rings (SSSR count). The third-order valence-corrected chi connectivity index (χ3v) is 11.7. The van der Waals surface area contributed by atoms with Gasteiger partial charge in [0.05, 0.1) is 31.7 Å². The van der Waals surface area contributed by atoms with Crippen LogP contribution in [0.2, 0.25) is 0 Å². The maximum atomic E-state index is 13.9. The number of amides is 9. The Bertz CT molecular complexity index is 1790. The number of aliphatic hydroxyl groups excluding tert-OH is 1. The molecule has 9 amide bonds. The van der Waals surface area contributed by atoms with Gasteiger partial charge in [-0.3, -0.25) is 53.1 Å². The van der Waals surface area contributed by atoms with Crippen molar-refractivity contribution < 1.29 is 58.2 Å². The number of hydrogen-bond acceptors (Lipinski definition) is 17. The first kappa shape index (κ1) is 58.8. The van der Waals surface area contributed by atoms with Crippen LogP contribution in [0.4, 0.5) is 0 Å². The van der Waals surface area contributed by atoms with E-state index in [0.717, 1.165) is 28.5 Å². The molecule has 2 unspecified atom stereocenters. The van der Waals surface area contributed by atoms with Crippen molar-refractivity contribution in [2.45, 2.75) is 107 Å². The van der Waals surface area contributed by atoms with Crippen molar-refractivity contribution in [3.8, 4) is 0 Å². The molecule has 1 aliphatic rings. The monoisotopic (exact) mass is 991 g/mol. The van der Waals surface area contributed by atoms with Gasteiger partial charge < -0.3 is 92.9 Å². The van der Waals surface area contributed by atoms with Crippen molar-refractivity contribution in [1.82, 2.24) is 42.5 Å². The smallest absolute Gasteiger partial charge is 0.327 e. The second kappa shape index (κ2) is 31.7. The molecule has 29 nitrogen and oxygen atoms in total. The van der Waals surface area contributed by atoms with Crippen LogP contribution in [0.15, 0.2) is 9.98 Å². The van der Waals surface area contributed by atoms with Gasteiger partial charge in [0, 0.05) is 24.6 Å². The van der Waals surface area contributed by atoms with Gasteiger partial charge in [-0.1, -0.05) is 21.6 Å². The number of carbonyl (C=O) groups is 10. The molecule has 8 atom stereocenters. The summed E-state index contributed by atoms with van der Waals surface area (Å²) in [4.78, 5) is 139. The lowest BCUT2D eigenvalue weighted by molar-refractivity contribution is -0.141. The molecule has 1 saturated heterocycles. The molecule has 31 heteroatoms. The Balaban J connectivity index is 3.71. The third-order valence-electron chi connectivity index (χ3n) is 9.24. The van der Waals surface area contributed by atoms with E-state index in [1.54, 1.807) is 0 Å². The van der Waals surface area contributed by atoms with E-state index in [2.05, 4.69) is 52.5 Å². The van der Waals surface area contributed by atoms with Gasteiger partial charge in [-0.2, -0.15) is 0 Å². The number of aliphatic carboxylic acids is 1. The van der Waals surface area contributed by atoms with Crippen molar-refractivity contribution in [2.24, 2.45) is 50.1 Å². The molecular formula is C36H65N17O12S2. The van der Waals surface area contributed by atoms with Crippen LogP contribution in [-0.4, -0.2) is 174 Å². The summed E-state index contributed by atoms with van der Waals surface area (Å²) in [6, 6.07) is -10.5. The predicted molar refractivity (Wildman–Crippen MR) is 246 cm³/mol. The van der Waals surface area contributed by atoms with Gasteiger partial charge >= 0.3 is 5.97 Å². The number of hydrogen-bond donors (Lipinski definition) is 17. The molecule has 378 valence electrons. The highest BCUT2D eigenvalue weighted by Gasteiger charge is 2.35. The lowest BCUT2D eigenvalue weighted by atomic mass is 10.0. The van der Waals surface area contributed by atoms with Crippen LogP contribution in [0, 0.1) is 0 Å². The predicted octanol–water partition coefficient (Wildman–Crippen LogP) is -8.57. The first-order valence-electron chi connectivity index (χ1n) is 20.9. The fourth-order valence-electron chi connectivity index (χ4n) is 5.75. The highest BCUT2D eigenvalue weighted by atomic mass is 33.1. The number of nitrogens with two attached hydrogens (primary N) is 7. The summed E-state index contributed by atoms with van der Waals surface area (Å²) in [5.41, 5.74) is 38.6. The summed E-state index contributed by atoms with van der Waals surface area (Å²) in [7, 11) is 1.90. The van der Waals surface area contributed by atoms with E-state index in [1.165, 1.54) is 0 Å². The summed E-state index contributed by atoms with van der Waals surface area (Å²) in [5, 5.41) is 39.3. The second-order valence-corrected chi connectivity index (χ2v) is 17.5. The molecule has 0 bridgehead atoms. The van der Waals surface area contributed by atoms with Crippen LogP contribution in [0.5, 0.6) is 0 Å². The van der Waals surface area contributed by atoms with Crippen LogP contribution in [-0.2, 0) is 47.9 Å². The molecule has 1 fully saturated rings. The zero-order valence-corrected chi connectivity index (χ0v) is 38.6. The molecular weight excluding hydrogens is 927 g/mol. The lowest BCUT2D eigenvalue weighted by Gasteiger charge is -2.28. The van der Waals surface area contributed by atoms with Crippen molar-refractivity contribution in [3.63, 3.8) is 0 Å². The summed E-state index contributed by atoms with van der Waals surface area (Å²) < 4.78 is 0. The highest BCUT2D eigenvalue weighted by Crippen LogP contribution is 2.22. The Morgan fingerprint density at radius 2 is 1.09 bits per heavy atom. The number of primary amides is 1. The van der Waals surface area contributed by atoms with Crippen LogP contribution in [0.1, 0.15) is 58.3 Å². The van der Waals surface area contributed by atoms with E-state index >= 15 is 0 Å². The second-order valence-electron chi connectivity index (χ2n) is 15.0. The Labute approximate surface area is 393 Å². The highest BCUT2D eigenvalue weighted by molar-refractivity contribution is 8.76. The quantitative estimate of drug-likeness (QED) is 0.0295.